The smallest absolute Gasteiger partial charge is 0.0558 e. The van der Waals surface area contributed by atoms with E-state index >= 15 is 0 Å². The fourth-order valence-corrected chi connectivity index (χ4v) is 2.48. The van der Waals surface area contributed by atoms with Gasteiger partial charge in [0.2, 0.25) is 0 Å². The highest BCUT2D eigenvalue weighted by atomic mass is 16.3. The van der Waals surface area contributed by atoms with E-state index in [1.807, 2.05) is 0 Å². The maximum Gasteiger partial charge on any atom is 0.0558 e. The third-order valence-corrected chi connectivity index (χ3v) is 3.19. The summed E-state index contributed by atoms with van der Waals surface area (Å²) in [5.74, 6) is 0.735. The highest BCUT2D eigenvalue weighted by molar-refractivity contribution is 5.32. The molecule has 0 saturated carbocycles. The number of nitrogens with zero attached hydrogens (tertiary/aromatic N) is 1. The molecule has 0 unspecified atom stereocenters. The molecule has 0 amide bonds. The quantitative estimate of drug-likeness (QED) is 0.801. The largest absolute Gasteiger partial charge is 0.395 e. The Morgan fingerprint density at radius 1 is 1.27 bits per heavy atom. The second-order valence-corrected chi connectivity index (χ2v) is 4.53. The molecular formula is C13H19NO. The van der Waals surface area contributed by atoms with Gasteiger partial charge in [-0.25, -0.2) is 0 Å². The normalized spacial score (nSPS) is 15.9. The van der Waals surface area contributed by atoms with Crippen LogP contribution in [0.15, 0.2) is 24.3 Å². The number of rotatable bonds is 4. The molecule has 0 fully saturated rings. The Bertz CT molecular complexity index is 299. The average molecular weight is 205 g/mol. The number of benzene rings is 1. The van der Waals surface area contributed by atoms with Crippen molar-refractivity contribution in [1.29, 1.82) is 0 Å². The number of hydrogen-bond donors (Lipinski definition) is 1. The molecule has 1 aliphatic rings. The van der Waals surface area contributed by atoms with Crippen molar-refractivity contribution in [1.82, 2.24) is 4.90 Å². The Labute approximate surface area is 91.5 Å². The molecule has 0 aromatic heterocycles. The standard InChI is InChI=1S/C13H19NO/c1-14(6-7-15)10-11-8-12-4-2-3-5-13(12)9-11/h2-5,11,15H,6-10H2,1H3. The minimum absolute atomic E-state index is 0.260. The predicted molar refractivity (Wildman–Crippen MR) is 61.9 cm³/mol. The van der Waals surface area contributed by atoms with Crippen LogP contribution < -0.4 is 0 Å². The second-order valence-electron chi connectivity index (χ2n) is 4.53. The van der Waals surface area contributed by atoms with Crippen LogP contribution in [0.4, 0.5) is 0 Å². The van der Waals surface area contributed by atoms with E-state index < -0.39 is 0 Å². The van der Waals surface area contributed by atoms with Crippen LogP contribution in [0, 0.1) is 5.92 Å². The summed E-state index contributed by atoms with van der Waals surface area (Å²) < 4.78 is 0. The zero-order chi connectivity index (χ0) is 10.7. The third-order valence-electron chi connectivity index (χ3n) is 3.19. The molecular weight excluding hydrogens is 186 g/mol. The first kappa shape index (κ1) is 10.7. The lowest BCUT2D eigenvalue weighted by molar-refractivity contribution is 0.203. The second kappa shape index (κ2) is 4.77. The van der Waals surface area contributed by atoms with Crippen molar-refractivity contribution in [2.24, 2.45) is 5.92 Å². The van der Waals surface area contributed by atoms with E-state index in [4.69, 9.17) is 5.11 Å². The summed E-state index contributed by atoms with van der Waals surface area (Å²) in [6.45, 7) is 2.14. The molecule has 82 valence electrons. The van der Waals surface area contributed by atoms with Gasteiger partial charge in [0.1, 0.15) is 0 Å². The lowest BCUT2D eigenvalue weighted by Crippen LogP contribution is -2.28. The van der Waals surface area contributed by atoms with Crippen LogP contribution in [0.25, 0.3) is 0 Å². The van der Waals surface area contributed by atoms with Gasteiger partial charge < -0.3 is 10.0 Å². The summed E-state index contributed by atoms with van der Waals surface area (Å²) in [7, 11) is 2.08. The van der Waals surface area contributed by atoms with Crippen molar-refractivity contribution >= 4 is 0 Å². The molecule has 0 saturated heterocycles. The number of hydrogen-bond acceptors (Lipinski definition) is 2. The van der Waals surface area contributed by atoms with E-state index in [2.05, 4.69) is 36.2 Å². The Hall–Kier alpha value is -0.860. The molecule has 0 spiro atoms. The molecule has 1 aromatic rings. The Balaban J connectivity index is 1.90. The van der Waals surface area contributed by atoms with Crippen molar-refractivity contribution in [2.45, 2.75) is 12.8 Å². The number of aliphatic hydroxyl groups excluding tert-OH is 1. The van der Waals surface area contributed by atoms with Gasteiger partial charge >= 0.3 is 0 Å². The van der Waals surface area contributed by atoms with Gasteiger partial charge in [-0.15, -0.1) is 0 Å². The minimum Gasteiger partial charge on any atom is -0.395 e. The zero-order valence-electron chi connectivity index (χ0n) is 9.32. The molecule has 0 bridgehead atoms. The zero-order valence-corrected chi connectivity index (χ0v) is 9.32. The summed E-state index contributed by atoms with van der Waals surface area (Å²) in [6.07, 6.45) is 2.40. The lowest BCUT2D eigenvalue weighted by atomic mass is 10.1. The maximum atomic E-state index is 8.84. The van der Waals surface area contributed by atoms with E-state index in [0.29, 0.717) is 0 Å². The van der Waals surface area contributed by atoms with E-state index in [1.54, 1.807) is 0 Å². The molecule has 2 rings (SSSR count). The topological polar surface area (TPSA) is 23.5 Å². The van der Waals surface area contributed by atoms with Crippen LogP contribution >= 0.6 is 0 Å². The number of aliphatic hydroxyl groups is 1. The van der Waals surface area contributed by atoms with Gasteiger partial charge in [-0.1, -0.05) is 24.3 Å². The van der Waals surface area contributed by atoms with Crippen LogP contribution in [-0.4, -0.2) is 36.8 Å². The highest BCUT2D eigenvalue weighted by Gasteiger charge is 2.21. The van der Waals surface area contributed by atoms with Gasteiger partial charge in [0, 0.05) is 13.1 Å². The summed E-state index contributed by atoms with van der Waals surface area (Å²) >= 11 is 0. The fraction of sp³-hybridized carbons (Fsp3) is 0.538. The van der Waals surface area contributed by atoms with Crippen molar-refractivity contribution in [3.63, 3.8) is 0 Å². The summed E-state index contributed by atoms with van der Waals surface area (Å²) in [6, 6.07) is 8.72. The first-order chi connectivity index (χ1) is 7.29. The monoisotopic (exact) mass is 205 g/mol. The average Bonchev–Trinajstić information content (AvgIpc) is 2.59. The van der Waals surface area contributed by atoms with Crippen LogP contribution in [0.5, 0.6) is 0 Å². The lowest BCUT2D eigenvalue weighted by Gasteiger charge is -2.19. The SMILES string of the molecule is CN(CCO)CC1Cc2ccccc2C1. The number of likely N-dealkylation sites (N-methyl/N-ethyl adjacent to an activating group) is 1. The third kappa shape index (κ3) is 2.58. The van der Waals surface area contributed by atoms with Crippen molar-refractivity contribution < 1.29 is 5.11 Å². The van der Waals surface area contributed by atoms with Crippen LogP contribution in [-0.2, 0) is 12.8 Å². The summed E-state index contributed by atoms with van der Waals surface area (Å²) in [5.41, 5.74) is 3.03. The van der Waals surface area contributed by atoms with Gasteiger partial charge in [0.25, 0.3) is 0 Å². The van der Waals surface area contributed by atoms with Crippen LogP contribution in [0.2, 0.25) is 0 Å². The Morgan fingerprint density at radius 3 is 2.40 bits per heavy atom. The molecule has 0 atom stereocenters. The first-order valence-electron chi connectivity index (χ1n) is 5.66. The maximum absolute atomic E-state index is 8.84. The van der Waals surface area contributed by atoms with Gasteiger partial charge in [-0.3, -0.25) is 0 Å². The molecule has 15 heavy (non-hydrogen) atoms. The van der Waals surface area contributed by atoms with Crippen molar-refractivity contribution in [3.05, 3.63) is 35.4 Å². The molecule has 1 N–H and O–H groups in total. The molecule has 0 heterocycles. The Kier molecular flexibility index (Phi) is 3.39. The fourth-order valence-electron chi connectivity index (χ4n) is 2.48. The molecule has 0 radical (unpaired) electrons. The number of fused-ring (bicyclic) bond motifs is 1. The predicted octanol–water partition coefficient (Wildman–Crippen LogP) is 1.33. The van der Waals surface area contributed by atoms with E-state index in [-0.39, 0.29) is 6.61 Å². The summed E-state index contributed by atoms with van der Waals surface area (Å²) in [4.78, 5) is 2.22. The van der Waals surface area contributed by atoms with Crippen LogP contribution in [0.1, 0.15) is 11.1 Å². The van der Waals surface area contributed by atoms with E-state index in [0.717, 1.165) is 19.0 Å². The molecule has 2 nitrogen and oxygen atoms in total. The van der Waals surface area contributed by atoms with Crippen molar-refractivity contribution in [3.8, 4) is 0 Å². The Morgan fingerprint density at radius 2 is 1.87 bits per heavy atom. The molecule has 2 heteroatoms. The van der Waals surface area contributed by atoms with Gasteiger partial charge in [0.15, 0.2) is 0 Å². The van der Waals surface area contributed by atoms with Crippen molar-refractivity contribution in [2.75, 3.05) is 26.7 Å². The highest BCUT2D eigenvalue weighted by Crippen LogP contribution is 2.26. The van der Waals surface area contributed by atoms with Gasteiger partial charge in [-0.05, 0) is 36.9 Å². The van der Waals surface area contributed by atoms with E-state index in [1.165, 1.54) is 24.0 Å². The van der Waals surface area contributed by atoms with Crippen LogP contribution in [0.3, 0.4) is 0 Å². The molecule has 0 aliphatic heterocycles. The first-order valence-corrected chi connectivity index (χ1v) is 5.66. The molecule has 1 aliphatic carbocycles. The summed E-state index contributed by atoms with van der Waals surface area (Å²) in [5, 5.41) is 8.84. The van der Waals surface area contributed by atoms with E-state index in [9.17, 15) is 0 Å². The minimum atomic E-state index is 0.260. The van der Waals surface area contributed by atoms with Gasteiger partial charge in [0.05, 0.1) is 6.61 Å². The molecule has 1 aromatic carbocycles. The van der Waals surface area contributed by atoms with Gasteiger partial charge in [-0.2, -0.15) is 0 Å².